The van der Waals surface area contributed by atoms with Crippen LogP contribution in [0.5, 0.6) is 0 Å². The molecule has 2 aromatic heterocycles. The van der Waals surface area contributed by atoms with Gasteiger partial charge in [0.25, 0.3) is 0 Å². The molecule has 0 fully saturated rings. The van der Waals surface area contributed by atoms with Crippen LogP contribution in [0.15, 0.2) is 102 Å². The highest BCUT2D eigenvalue weighted by Gasteiger charge is 2.21. The fourth-order valence-electron chi connectivity index (χ4n) is 4.77. The van der Waals surface area contributed by atoms with Crippen LogP contribution in [0.2, 0.25) is 5.15 Å². The van der Waals surface area contributed by atoms with Gasteiger partial charge in [0.2, 0.25) is 10.0 Å². The maximum Gasteiger partial charge on any atom is 0.242 e. The lowest BCUT2D eigenvalue weighted by Crippen LogP contribution is -2.24. The van der Waals surface area contributed by atoms with E-state index in [0.29, 0.717) is 23.5 Å². The number of rotatable bonds is 10. The van der Waals surface area contributed by atoms with E-state index in [2.05, 4.69) is 52.3 Å². The molecule has 1 unspecified atom stereocenters. The van der Waals surface area contributed by atoms with Gasteiger partial charge in [0, 0.05) is 41.5 Å². The summed E-state index contributed by atoms with van der Waals surface area (Å²) in [4.78, 5) is 9.20. The molecule has 0 saturated carbocycles. The van der Waals surface area contributed by atoms with Crippen molar-refractivity contribution in [2.75, 3.05) is 11.9 Å². The second-order valence-electron chi connectivity index (χ2n) is 9.66. The summed E-state index contributed by atoms with van der Waals surface area (Å²) in [5, 5.41) is 5.58. The lowest BCUT2D eigenvalue weighted by Gasteiger charge is -2.21. The number of anilines is 1. The Kier molecular flexibility index (Phi) is 8.45. The van der Waals surface area contributed by atoms with E-state index in [1.807, 2.05) is 55.5 Å². The number of hydrogen-bond acceptors (Lipinski definition) is 5. The average Bonchev–Trinajstić information content (AvgIpc) is 2.98. The number of unbranched alkanes of at least 4 members (excludes halogenated alkanes) is 1. The van der Waals surface area contributed by atoms with E-state index in [1.165, 1.54) is 6.20 Å². The van der Waals surface area contributed by atoms with Crippen LogP contribution >= 0.6 is 11.6 Å². The number of aromatic nitrogens is 2. The third-order valence-corrected chi connectivity index (χ3v) is 8.56. The van der Waals surface area contributed by atoms with E-state index in [0.717, 1.165) is 40.3 Å². The van der Waals surface area contributed by atoms with Gasteiger partial charge in [-0.3, -0.25) is 4.98 Å². The molecule has 8 heteroatoms. The molecule has 5 aromatic rings. The van der Waals surface area contributed by atoms with Gasteiger partial charge < -0.3 is 5.32 Å². The molecule has 204 valence electrons. The van der Waals surface area contributed by atoms with Gasteiger partial charge in [-0.2, -0.15) is 0 Å². The molecule has 2 heterocycles. The van der Waals surface area contributed by atoms with Crippen molar-refractivity contribution in [3.63, 3.8) is 0 Å². The van der Waals surface area contributed by atoms with Crippen molar-refractivity contribution in [2.45, 2.75) is 37.6 Å². The second kappa shape index (κ2) is 12.2. The van der Waals surface area contributed by atoms with E-state index in [4.69, 9.17) is 16.6 Å². The van der Waals surface area contributed by atoms with E-state index in [-0.39, 0.29) is 16.1 Å². The molecule has 0 saturated heterocycles. The number of hydrogen-bond donors (Lipinski definition) is 2. The standard InChI is InChI=1S/C32H31ClN4O2S/c1-3-4-18-35-40(38,39)26-19-25(20-34-21-26)29-28-17-11-16-27(24-14-9-6-10-15-24)30(28)32(37-31(29)33)36-22(2)23-12-7-5-8-13-23/h5-17,19-22,35H,3-4,18H2,1-2H3,(H,36,37). The second-order valence-corrected chi connectivity index (χ2v) is 11.8. The first-order valence-electron chi connectivity index (χ1n) is 13.3. The van der Waals surface area contributed by atoms with Crippen LogP contribution < -0.4 is 10.0 Å². The number of pyridine rings is 2. The Labute approximate surface area is 240 Å². The van der Waals surface area contributed by atoms with Crippen molar-refractivity contribution in [2.24, 2.45) is 0 Å². The molecule has 0 radical (unpaired) electrons. The van der Waals surface area contributed by atoms with Crippen LogP contribution in [-0.4, -0.2) is 24.9 Å². The molecule has 0 bridgehead atoms. The Bertz CT molecular complexity index is 1730. The lowest BCUT2D eigenvalue weighted by molar-refractivity contribution is 0.578. The van der Waals surface area contributed by atoms with Crippen molar-refractivity contribution in [3.05, 3.63) is 108 Å². The summed E-state index contributed by atoms with van der Waals surface area (Å²) >= 11 is 6.90. The van der Waals surface area contributed by atoms with Gasteiger partial charge in [-0.1, -0.05) is 104 Å². The molecule has 2 N–H and O–H groups in total. The summed E-state index contributed by atoms with van der Waals surface area (Å²) in [6.45, 7) is 4.47. The summed E-state index contributed by atoms with van der Waals surface area (Å²) in [7, 11) is -3.72. The number of sulfonamides is 1. The summed E-state index contributed by atoms with van der Waals surface area (Å²) in [5.74, 6) is 0.650. The molecule has 0 spiro atoms. The predicted octanol–water partition coefficient (Wildman–Crippen LogP) is 7.87. The van der Waals surface area contributed by atoms with Crippen molar-refractivity contribution in [1.82, 2.24) is 14.7 Å². The minimum Gasteiger partial charge on any atom is -0.363 e. The molecular formula is C32H31ClN4O2S. The number of halogens is 1. The molecule has 0 aliphatic carbocycles. The number of fused-ring (bicyclic) bond motifs is 1. The van der Waals surface area contributed by atoms with Crippen LogP contribution in [0, 0.1) is 0 Å². The Hall–Kier alpha value is -3.78. The van der Waals surface area contributed by atoms with Crippen LogP contribution in [-0.2, 0) is 10.0 Å². The Balaban J connectivity index is 1.69. The molecule has 0 amide bonds. The van der Waals surface area contributed by atoms with Gasteiger partial charge in [-0.25, -0.2) is 18.1 Å². The Morgan fingerprint density at radius 2 is 1.62 bits per heavy atom. The summed E-state index contributed by atoms with van der Waals surface area (Å²) in [5.41, 5.74) is 4.35. The normalized spacial score (nSPS) is 12.4. The maximum absolute atomic E-state index is 13.0. The lowest BCUT2D eigenvalue weighted by atomic mass is 9.94. The van der Waals surface area contributed by atoms with Gasteiger partial charge in [0.15, 0.2) is 0 Å². The van der Waals surface area contributed by atoms with Crippen LogP contribution in [0.3, 0.4) is 0 Å². The number of nitrogens with zero attached hydrogens (tertiary/aromatic N) is 2. The Morgan fingerprint density at radius 1 is 0.900 bits per heavy atom. The first kappa shape index (κ1) is 27.8. The number of benzene rings is 3. The first-order valence-corrected chi connectivity index (χ1v) is 15.2. The van der Waals surface area contributed by atoms with E-state index >= 15 is 0 Å². The third-order valence-electron chi connectivity index (χ3n) is 6.86. The van der Waals surface area contributed by atoms with Gasteiger partial charge in [-0.15, -0.1) is 0 Å². The topological polar surface area (TPSA) is 84.0 Å². The SMILES string of the molecule is CCCCNS(=O)(=O)c1cncc(-c2c(Cl)nc(NC(C)c3ccccc3)c3c(-c4ccccc4)cccc23)c1. The molecule has 0 aliphatic rings. The van der Waals surface area contributed by atoms with Crippen molar-refractivity contribution in [3.8, 4) is 22.3 Å². The summed E-state index contributed by atoms with van der Waals surface area (Å²) in [6.07, 6.45) is 4.63. The van der Waals surface area contributed by atoms with Gasteiger partial charge in [0.1, 0.15) is 15.9 Å². The minimum atomic E-state index is -3.72. The summed E-state index contributed by atoms with van der Waals surface area (Å²) in [6, 6.07) is 27.9. The molecular weight excluding hydrogens is 540 g/mol. The Morgan fingerprint density at radius 3 is 2.35 bits per heavy atom. The van der Waals surface area contributed by atoms with Crippen LogP contribution in [0.4, 0.5) is 5.82 Å². The van der Waals surface area contributed by atoms with Crippen LogP contribution in [0.25, 0.3) is 33.0 Å². The smallest absolute Gasteiger partial charge is 0.242 e. The number of nitrogens with one attached hydrogen (secondary N) is 2. The maximum atomic E-state index is 13.0. The van der Waals surface area contributed by atoms with Crippen molar-refractivity contribution >= 4 is 38.2 Å². The zero-order valence-corrected chi connectivity index (χ0v) is 24.0. The van der Waals surface area contributed by atoms with E-state index in [1.54, 1.807) is 12.3 Å². The predicted molar refractivity (Wildman–Crippen MR) is 164 cm³/mol. The fourth-order valence-corrected chi connectivity index (χ4v) is 6.13. The van der Waals surface area contributed by atoms with Gasteiger partial charge >= 0.3 is 0 Å². The molecule has 40 heavy (non-hydrogen) atoms. The summed E-state index contributed by atoms with van der Waals surface area (Å²) < 4.78 is 28.6. The molecule has 3 aromatic carbocycles. The van der Waals surface area contributed by atoms with Crippen LogP contribution in [0.1, 0.15) is 38.3 Å². The van der Waals surface area contributed by atoms with Crippen molar-refractivity contribution < 1.29 is 8.42 Å². The third kappa shape index (κ3) is 5.87. The molecule has 1 atom stereocenters. The van der Waals surface area contributed by atoms with E-state index < -0.39 is 10.0 Å². The zero-order valence-electron chi connectivity index (χ0n) is 22.4. The highest BCUT2D eigenvalue weighted by Crippen LogP contribution is 2.42. The highest BCUT2D eigenvalue weighted by atomic mass is 35.5. The zero-order chi connectivity index (χ0) is 28.1. The average molecular weight is 571 g/mol. The fraction of sp³-hybridized carbons (Fsp3) is 0.188. The van der Waals surface area contributed by atoms with E-state index in [9.17, 15) is 8.42 Å². The van der Waals surface area contributed by atoms with Gasteiger partial charge in [0.05, 0.1) is 0 Å². The van der Waals surface area contributed by atoms with Gasteiger partial charge in [-0.05, 0) is 41.5 Å². The molecule has 5 rings (SSSR count). The quantitative estimate of drug-likeness (QED) is 0.132. The van der Waals surface area contributed by atoms with Crippen molar-refractivity contribution in [1.29, 1.82) is 0 Å². The molecule has 6 nitrogen and oxygen atoms in total. The molecule has 0 aliphatic heterocycles. The first-order chi connectivity index (χ1) is 19.4. The minimum absolute atomic E-state index is 0.0352. The highest BCUT2D eigenvalue weighted by molar-refractivity contribution is 7.89. The monoisotopic (exact) mass is 570 g/mol. The largest absolute Gasteiger partial charge is 0.363 e.